The molecule has 0 saturated carbocycles. The predicted molar refractivity (Wildman–Crippen MR) is 138 cm³/mol. The number of fused-ring (bicyclic) bond motifs is 1. The number of aromatic nitrogens is 1. The first-order valence-corrected chi connectivity index (χ1v) is 12.2. The van der Waals surface area contributed by atoms with Gasteiger partial charge in [-0.25, -0.2) is 0 Å². The molecule has 194 valence electrons. The summed E-state index contributed by atoms with van der Waals surface area (Å²) in [6.45, 7) is 2.00. The van der Waals surface area contributed by atoms with Gasteiger partial charge in [0.2, 0.25) is 6.79 Å². The van der Waals surface area contributed by atoms with E-state index in [9.17, 15) is 14.7 Å². The highest BCUT2D eigenvalue weighted by Gasteiger charge is 2.31. The summed E-state index contributed by atoms with van der Waals surface area (Å²) in [5.41, 5.74) is 2.99. The molecule has 0 saturated heterocycles. The standard InChI is InChI=1S/C29H27N3O6/c1-18-25(27(38-32-18)21-10-6-3-7-11-21)28(34)31-22(14-19-8-4-2-5-9-19)26(33)29(35)30-16-20-12-13-23-24(15-20)37-17-36-23/h2-13,15,22,26,33H,14,16-17H2,1H3,(H,30,35)(H,31,34)/t22-,26?/m0/s1. The van der Waals surface area contributed by atoms with Crippen molar-refractivity contribution in [1.82, 2.24) is 15.8 Å². The fraction of sp³-hybridized carbons (Fsp3) is 0.207. The largest absolute Gasteiger partial charge is 0.454 e. The lowest BCUT2D eigenvalue weighted by Gasteiger charge is -2.24. The Hall–Kier alpha value is -4.63. The quantitative estimate of drug-likeness (QED) is 0.314. The summed E-state index contributed by atoms with van der Waals surface area (Å²) in [4.78, 5) is 26.5. The highest BCUT2D eigenvalue weighted by molar-refractivity contribution is 6.01. The summed E-state index contributed by atoms with van der Waals surface area (Å²) < 4.78 is 16.2. The van der Waals surface area contributed by atoms with E-state index in [-0.39, 0.29) is 25.3 Å². The smallest absolute Gasteiger partial charge is 0.257 e. The molecule has 0 spiro atoms. The van der Waals surface area contributed by atoms with Crippen molar-refractivity contribution in [2.24, 2.45) is 0 Å². The number of hydrogen-bond donors (Lipinski definition) is 3. The van der Waals surface area contributed by atoms with E-state index >= 15 is 0 Å². The van der Waals surface area contributed by atoms with Gasteiger partial charge >= 0.3 is 0 Å². The van der Waals surface area contributed by atoms with Gasteiger partial charge in [0.05, 0.1) is 11.7 Å². The molecule has 4 aromatic rings. The molecule has 0 aliphatic carbocycles. The van der Waals surface area contributed by atoms with Crippen LogP contribution in [0.3, 0.4) is 0 Å². The van der Waals surface area contributed by atoms with Crippen LogP contribution < -0.4 is 20.1 Å². The Balaban J connectivity index is 1.33. The lowest BCUT2D eigenvalue weighted by molar-refractivity contribution is -0.130. The molecule has 1 unspecified atom stereocenters. The Morgan fingerprint density at radius 1 is 0.947 bits per heavy atom. The van der Waals surface area contributed by atoms with Gasteiger partial charge in [0.1, 0.15) is 5.56 Å². The van der Waals surface area contributed by atoms with Crippen molar-refractivity contribution in [3.05, 3.63) is 101 Å². The highest BCUT2D eigenvalue weighted by Crippen LogP contribution is 2.32. The fourth-order valence-electron chi connectivity index (χ4n) is 4.30. The number of hydrogen-bond acceptors (Lipinski definition) is 7. The van der Waals surface area contributed by atoms with Crippen molar-refractivity contribution in [1.29, 1.82) is 0 Å². The maximum atomic E-state index is 13.5. The number of amides is 2. The minimum Gasteiger partial charge on any atom is -0.454 e. The van der Waals surface area contributed by atoms with E-state index in [1.165, 1.54) is 0 Å². The van der Waals surface area contributed by atoms with Gasteiger partial charge in [-0.15, -0.1) is 0 Å². The minimum atomic E-state index is -1.52. The molecule has 5 rings (SSSR count). The van der Waals surface area contributed by atoms with Crippen LogP contribution in [0.15, 0.2) is 83.4 Å². The molecule has 2 amide bonds. The Bertz CT molecular complexity index is 1420. The molecule has 2 heterocycles. The summed E-state index contributed by atoms with van der Waals surface area (Å²) in [5.74, 6) is 0.454. The molecule has 0 fully saturated rings. The Morgan fingerprint density at radius 2 is 1.66 bits per heavy atom. The topological polar surface area (TPSA) is 123 Å². The summed E-state index contributed by atoms with van der Waals surface area (Å²) >= 11 is 0. The number of benzene rings is 3. The zero-order valence-electron chi connectivity index (χ0n) is 20.7. The van der Waals surface area contributed by atoms with E-state index in [0.29, 0.717) is 28.5 Å². The summed E-state index contributed by atoms with van der Waals surface area (Å²) in [5, 5.41) is 20.6. The average Bonchev–Trinajstić information content (AvgIpc) is 3.58. The zero-order chi connectivity index (χ0) is 26.5. The van der Waals surface area contributed by atoms with Gasteiger partial charge < -0.3 is 29.7 Å². The number of aliphatic hydroxyl groups excluding tert-OH is 1. The third-order valence-electron chi connectivity index (χ3n) is 6.29. The summed E-state index contributed by atoms with van der Waals surface area (Å²) in [6.07, 6.45) is -1.29. The van der Waals surface area contributed by atoms with Crippen LogP contribution in [0.4, 0.5) is 0 Å². The SMILES string of the molecule is Cc1noc(-c2ccccc2)c1C(=O)N[C@@H](Cc1ccccc1)C(O)C(=O)NCc1ccc2c(c1)OCO2. The monoisotopic (exact) mass is 513 g/mol. The Morgan fingerprint density at radius 3 is 2.42 bits per heavy atom. The van der Waals surface area contributed by atoms with Gasteiger partial charge in [-0.2, -0.15) is 0 Å². The Kier molecular flexibility index (Phi) is 7.37. The van der Waals surface area contributed by atoms with Crippen LogP contribution in [0.25, 0.3) is 11.3 Å². The average molecular weight is 514 g/mol. The van der Waals surface area contributed by atoms with Gasteiger partial charge in [0.15, 0.2) is 23.4 Å². The maximum Gasteiger partial charge on any atom is 0.257 e. The number of aryl methyl sites for hydroxylation is 1. The molecule has 0 radical (unpaired) electrons. The third kappa shape index (κ3) is 5.52. The van der Waals surface area contributed by atoms with Crippen molar-refractivity contribution in [2.45, 2.75) is 32.0 Å². The second-order valence-electron chi connectivity index (χ2n) is 8.96. The van der Waals surface area contributed by atoms with Crippen molar-refractivity contribution >= 4 is 11.8 Å². The number of ether oxygens (including phenoxy) is 2. The zero-order valence-corrected chi connectivity index (χ0v) is 20.7. The van der Waals surface area contributed by atoms with Crippen molar-refractivity contribution in [3.63, 3.8) is 0 Å². The van der Waals surface area contributed by atoms with Gasteiger partial charge in [0, 0.05) is 12.1 Å². The summed E-state index contributed by atoms with van der Waals surface area (Å²) in [6, 6.07) is 22.9. The first-order chi connectivity index (χ1) is 18.5. The van der Waals surface area contributed by atoms with Gasteiger partial charge in [-0.05, 0) is 36.6 Å². The van der Waals surface area contributed by atoms with E-state index in [0.717, 1.165) is 11.1 Å². The number of nitrogens with one attached hydrogen (secondary N) is 2. The number of carbonyl (C=O) groups excluding carboxylic acids is 2. The van der Waals surface area contributed by atoms with Crippen LogP contribution in [0.5, 0.6) is 11.5 Å². The van der Waals surface area contributed by atoms with Gasteiger partial charge in [-0.3, -0.25) is 9.59 Å². The molecule has 3 N–H and O–H groups in total. The molecule has 38 heavy (non-hydrogen) atoms. The fourth-order valence-corrected chi connectivity index (χ4v) is 4.30. The number of aliphatic hydroxyl groups is 1. The normalized spacial score (nSPS) is 13.5. The van der Waals surface area contributed by atoms with Crippen LogP contribution in [-0.2, 0) is 17.8 Å². The molecule has 9 nitrogen and oxygen atoms in total. The molecule has 2 atom stereocenters. The van der Waals surface area contributed by atoms with Crippen molar-refractivity contribution in [2.75, 3.05) is 6.79 Å². The van der Waals surface area contributed by atoms with Crippen molar-refractivity contribution < 1.29 is 28.7 Å². The summed E-state index contributed by atoms with van der Waals surface area (Å²) in [7, 11) is 0. The number of rotatable bonds is 9. The van der Waals surface area contributed by atoms with Crippen LogP contribution in [0.2, 0.25) is 0 Å². The highest BCUT2D eigenvalue weighted by atomic mass is 16.7. The second kappa shape index (κ2) is 11.2. The minimum absolute atomic E-state index is 0.155. The molecule has 0 bridgehead atoms. The van der Waals surface area contributed by atoms with Gasteiger partial charge in [0.25, 0.3) is 11.8 Å². The molecule has 1 aromatic heterocycles. The predicted octanol–water partition coefficient (Wildman–Crippen LogP) is 3.40. The van der Waals surface area contributed by atoms with Crippen LogP contribution in [0.1, 0.15) is 27.2 Å². The molecule has 3 aromatic carbocycles. The molecule has 1 aliphatic heterocycles. The van der Waals surface area contributed by atoms with Crippen LogP contribution in [-0.4, -0.2) is 41.0 Å². The first kappa shape index (κ1) is 25.0. The Labute approximate surface area is 219 Å². The molecule has 9 heteroatoms. The van der Waals surface area contributed by atoms with Crippen LogP contribution in [0, 0.1) is 6.92 Å². The third-order valence-corrected chi connectivity index (χ3v) is 6.29. The number of carbonyl (C=O) groups is 2. The van der Waals surface area contributed by atoms with Crippen molar-refractivity contribution in [3.8, 4) is 22.8 Å². The van der Waals surface area contributed by atoms with E-state index in [2.05, 4.69) is 15.8 Å². The lowest BCUT2D eigenvalue weighted by Crippen LogP contribution is -2.51. The second-order valence-corrected chi connectivity index (χ2v) is 8.96. The molecular formula is C29H27N3O6. The van der Waals surface area contributed by atoms with Crippen LogP contribution >= 0.6 is 0 Å². The molecule has 1 aliphatic rings. The first-order valence-electron chi connectivity index (χ1n) is 12.2. The van der Waals surface area contributed by atoms with E-state index in [1.54, 1.807) is 19.1 Å². The van der Waals surface area contributed by atoms with E-state index in [4.69, 9.17) is 14.0 Å². The number of nitrogens with zero attached hydrogens (tertiary/aromatic N) is 1. The van der Waals surface area contributed by atoms with Gasteiger partial charge in [-0.1, -0.05) is 71.9 Å². The van der Waals surface area contributed by atoms with E-state index in [1.807, 2.05) is 66.7 Å². The van der Waals surface area contributed by atoms with E-state index < -0.39 is 24.0 Å². The maximum absolute atomic E-state index is 13.5. The lowest BCUT2D eigenvalue weighted by atomic mass is 9.99. The molecular weight excluding hydrogens is 486 g/mol.